The van der Waals surface area contributed by atoms with Gasteiger partial charge in [0.05, 0.1) is 0 Å². The lowest BCUT2D eigenvalue weighted by Gasteiger charge is -2.18. The second-order valence-corrected chi connectivity index (χ2v) is 6.42. The van der Waals surface area contributed by atoms with Crippen molar-refractivity contribution in [2.75, 3.05) is 42.3 Å². The maximum absolute atomic E-state index is 4.65. The van der Waals surface area contributed by atoms with Crippen LogP contribution in [0.1, 0.15) is 12.2 Å². The molecule has 25 heavy (non-hydrogen) atoms. The Bertz CT molecular complexity index is 888. The maximum Gasteiger partial charge on any atom is 0.226 e. The van der Waals surface area contributed by atoms with Crippen LogP contribution in [0.3, 0.4) is 0 Å². The molecular formula is C16H21N9. The molecule has 0 radical (unpaired) electrons. The van der Waals surface area contributed by atoms with E-state index in [0.717, 1.165) is 42.6 Å². The molecule has 4 heterocycles. The molecule has 1 fully saturated rings. The molecule has 3 aromatic heterocycles. The van der Waals surface area contributed by atoms with Crippen molar-refractivity contribution in [1.82, 2.24) is 29.8 Å². The maximum atomic E-state index is 4.65. The molecule has 4 rings (SSSR count). The Kier molecular flexibility index (Phi) is 3.83. The first-order valence-electron chi connectivity index (χ1n) is 8.31. The van der Waals surface area contributed by atoms with E-state index in [9.17, 15) is 0 Å². The molecule has 1 N–H and O–H groups in total. The number of hydrogen-bond donors (Lipinski definition) is 1. The summed E-state index contributed by atoms with van der Waals surface area (Å²) >= 11 is 0. The summed E-state index contributed by atoms with van der Waals surface area (Å²) in [7, 11) is 3.87. The summed E-state index contributed by atoms with van der Waals surface area (Å²) in [6, 6.07) is 6.18. The second-order valence-electron chi connectivity index (χ2n) is 6.42. The zero-order valence-corrected chi connectivity index (χ0v) is 14.6. The standard InChI is InChI=1S/C16H21N9/c1-11-20-21-14-4-5-15(22-25(11)14)24-9-7-12(10-24)18-13-6-8-17-16(19-13)23(2)3/h4-6,8,12H,7,9-10H2,1-3H3,(H,17,18,19). The van der Waals surface area contributed by atoms with Crippen LogP contribution in [0.15, 0.2) is 24.4 Å². The highest BCUT2D eigenvalue weighted by atomic mass is 15.4. The number of rotatable bonds is 4. The topological polar surface area (TPSA) is 87.4 Å². The van der Waals surface area contributed by atoms with E-state index >= 15 is 0 Å². The van der Waals surface area contributed by atoms with Crippen molar-refractivity contribution >= 4 is 23.2 Å². The minimum atomic E-state index is 0.324. The van der Waals surface area contributed by atoms with Crippen LogP contribution in [-0.2, 0) is 0 Å². The van der Waals surface area contributed by atoms with Gasteiger partial charge in [0.15, 0.2) is 11.5 Å². The van der Waals surface area contributed by atoms with E-state index in [4.69, 9.17) is 0 Å². The van der Waals surface area contributed by atoms with Crippen LogP contribution < -0.4 is 15.1 Å². The van der Waals surface area contributed by atoms with Crippen LogP contribution in [0.4, 0.5) is 17.6 Å². The van der Waals surface area contributed by atoms with Gasteiger partial charge in [-0.1, -0.05) is 0 Å². The van der Waals surface area contributed by atoms with Gasteiger partial charge < -0.3 is 15.1 Å². The fourth-order valence-corrected chi connectivity index (χ4v) is 2.99. The minimum Gasteiger partial charge on any atom is -0.365 e. The lowest BCUT2D eigenvalue weighted by Crippen LogP contribution is -2.27. The molecule has 9 heteroatoms. The van der Waals surface area contributed by atoms with E-state index in [1.807, 2.05) is 44.1 Å². The molecule has 1 aliphatic heterocycles. The molecule has 0 saturated carbocycles. The zero-order valence-electron chi connectivity index (χ0n) is 14.6. The van der Waals surface area contributed by atoms with E-state index in [2.05, 4.69) is 35.5 Å². The molecule has 0 bridgehead atoms. The molecule has 1 unspecified atom stereocenters. The Morgan fingerprint density at radius 2 is 2.08 bits per heavy atom. The van der Waals surface area contributed by atoms with Crippen molar-refractivity contribution in [2.24, 2.45) is 0 Å². The van der Waals surface area contributed by atoms with Crippen molar-refractivity contribution in [1.29, 1.82) is 0 Å². The Labute approximate surface area is 145 Å². The van der Waals surface area contributed by atoms with Crippen molar-refractivity contribution < 1.29 is 0 Å². The molecule has 0 amide bonds. The van der Waals surface area contributed by atoms with E-state index in [0.29, 0.717) is 12.0 Å². The first-order chi connectivity index (χ1) is 12.1. The number of nitrogens with zero attached hydrogens (tertiary/aromatic N) is 8. The summed E-state index contributed by atoms with van der Waals surface area (Å²) < 4.78 is 1.78. The number of aryl methyl sites for hydroxylation is 1. The molecule has 0 aromatic carbocycles. The zero-order chi connectivity index (χ0) is 17.4. The van der Waals surface area contributed by atoms with Crippen LogP contribution in [-0.4, -0.2) is 63.0 Å². The fourth-order valence-electron chi connectivity index (χ4n) is 2.99. The highest BCUT2D eigenvalue weighted by Crippen LogP contribution is 2.21. The Morgan fingerprint density at radius 1 is 1.20 bits per heavy atom. The Morgan fingerprint density at radius 3 is 2.92 bits per heavy atom. The average molecular weight is 339 g/mol. The summed E-state index contributed by atoms with van der Waals surface area (Å²) in [5.41, 5.74) is 0.771. The minimum absolute atomic E-state index is 0.324. The summed E-state index contributed by atoms with van der Waals surface area (Å²) in [6.45, 7) is 3.73. The molecule has 3 aromatic rings. The van der Waals surface area contributed by atoms with Gasteiger partial charge >= 0.3 is 0 Å². The van der Waals surface area contributed by atoms with Crippen LogP contribution in [0.2, 0.25) is 0 Å². The van der Waals surface area contributed by atoms with Crippen LogP contribution in [0.25, 0.3) is 5.65 Å². The van der Waals surface area contributed by atoms with Crippen LogP contribution >= 0.6 is 0 Å². The smallest absolute Gasteiger partial charge is 0.226 e. The van der Waals surface area contributed by atoms with E-state index < -0.39 is 0 Å². The average Bonchev–Trinajstić information content (AvgIpc) is 3.22. The summed E-state index contributed by atoms with van der Waals surface area (Å²) in [5.74, 6) is 3.29. The van der Waals surface area contributed by atoms with E-state index in [1.54, 1.807) is 10.7 Å². The third kappa shape index (κ3) is 3.04. The molecule has 0 spiro atoms. The summed E-state index contributed by atoms with van der Waals surface area (Å²) in [6.07, 6.45) is 2.81. The quantitative estimate of drug-likeness (QED) is 0.753. The Hall–Kier alpha value is -2.97. The largest absolute Gasteiger partial charge is 0.365 e. The number of anilines is 3. The normalized spacial score (nSPS) is 17.2. The first-order valence-corrected chi connectivity index (χ1v) is 8.31. The monoisotopic (exact) mass is 339 g/mol. The molecule has 1 aliphatic rings. The van der Waals surface area contributed by atoms with Gasteiger partial charge in [-0.15, -0.1) is 15.3 Å². The third-order valence-corrected chi connectivity index (χ3v) is 4.31. The van der Waals surface area contributed by atoms with Gasteiger partial charge in [-0.3, -0.25) is 0 Å². The number of fused-ring (bicyclic) bond motifs is 1. The van der Waals surface area contributed by atoms with Crippen LogP contribution in [0, 0.1) is 6.92 Å². The first kappa shape index (κ1) is 15.6. The fraction of sp³-hybridized carbons (Fsp3) is 0.438. The number of aromatic nitrogens is 6. The van der Waals surface area contributed by atoms with Crippen molar-refractivity contribution in [2.45, 2.75) is 19.4 Å². The summed E-state index contributed by atoms with van der Waals surface area (Å²) in [5, 5.41) is 16.3. The van der Waals surface area contributed by atoms with Gasteiger partial charge in [-0.05, 0) is 31.5 Å². The molecule has 1 atom stereocenters. The summed E-state index contributed by atoms with van der Waals surface area (Å²) in [4.78, 5) is 12.9. The van der Waals surface area contributed by atoms with Gasteiger partial charge in [0.25, 0.3) is 0 Å². The van der Waals surface area contributed by atoms with E-state index in [1.165, 1.54) is 0 Å². The second kappa shape index (κ2) is 6.15. The molecule has 9 nitrogen and oxygen atoms in total. The number of hydrogen-bond acceptors (Lipinski definition) is 8. The Balaban J connectivity index is 1.47. The van der Waals surface area contributed by atoms with Crippen molar-refractivity contribution in [3.8, 4) is 0 Å². The third-order valence-electron chi connectivity index (χ3n) is 4.31. The van der Waals surface area contributed by atoms with Gasteiger partial charge in [-0.25, -0.2) is 4.98 Å². The molecule has 1 saturated heterocycles. The predicted octanol–water partition coefficient (Wildman–Crippen LogP) is 0.980. The van der Waals surface area contributed by atoms with Crippen molar-refractivity contribution in [3.63, 3.8) is 0 Å². The van der Waals surface area contributed by atoms with Gasteiger partial charge in [-0.2, -0.15) is 9.50 Å². The highest BCUT2D eigenvalue weighted by Gasteiger charge is 2.24. The SMILES string of the molecule is Cc1nnc2ccc(N3CCC(Nc4ccnc(N(C)C)n4)C3)nn12. The van der Waals surface area contributed by atoms with Gasteiger partial charge in [0, 0.05) is 39.4 Å². The molecular weight excluding hydrogens is 318 g/mol. The van der Waals surface area contributed by atoms with Crippen LogP contribution in [0.5, 0.6) is 0 Å². The number of nitrogens with one attached hydrogen (secondary N) is 1. The van der Waals surface area contributed by atoms with Gasteiger partial charge in [0.2, 0.25) is 5.95 Å². The van der Waals surface area contributed by atoms with E-state index in [-0.39, 0.29) is 0 Å². The lowest BCUT2D eigenvalue weighted by atomic mass is 10.2. The molecule has 130 valence electrons. The molecule has 0 aliphatic carbocycles. The predicted molar refractivity (Wildman–Crippen MR) is 96.1 cm³/mol. The van der Waals surface area contributed by atoms with Crippen molar-refractivity contribution in [3.05, 3.63) is 30.2 Å². The lowest BCUT2D eigenvalue weighted by molar-refractivity contribution is 0.792. The van der Waals surface area contributed by atoms with Gasteiger partial charge in [0.1, 0.15) is 11.6 Å². The highest BCUT2D eigenvalue weighted by molar-refractivity contribution is 5.48.